The SMILES string of the molecule is COc1cc(CN2CCC(N(C(=O)c3ccccc3OC)c3cccc(C)c3)CC2)ccc1O. The van der Waals surface area contributed by atoms with Crippen LogP contribution in [-0.2, 0) is 6.54 Å². The zero-order chi connectivity index (χ0) is 24.1. The van der Waals surface area contributed by atoms with Crippen LogP contribution in [0.3, 0.4) is 0 Å². The number of piperidine rings is 1. The lowest BCUT2D eigenvalue weighted by atomic mass is 9.99. The number of carbonyl (C=O) groups is 1. The van der Waals surface area contributed by atoms with Crippen molar-refractivity contribution in [3.05, 3.63) is 83.4 Å². The van der Waals surface area contributed by atoms with Crippen LogP contribution < -0.4 is 14.4 Å². The number of phenolic OH excluding ortho intramolecular Hbond substituents is 1. The lowest BCUT2D eigenvalue weighted by Crippen LogP contribution is -2.47. The summed E-state index contributed by atoms with van der Waals surface area (Å²) in [5, 5.41) is 9.86. The fraction of sp³-hybridized carbons (Fsp3) is 0.321. The largest absolute Gasteiger partial charge is 0.504 e. The van der Waals surface area contributed by atoms with Gasteiger partial charge in [-0.3, -0.25) is 9.69 Å². The third kappa shape index (κ3) is 5.18. The van der Waals surface area contributed by atoms with Crippen LogP contribution in [0.2, 0.25) is 0 Å². The highest BCUT2D eigenvalue weighted by Crippen LogP contribution is 2.31. The molecular weight excluding hydrogens is 428 g/mol. The maximum Gasteiger partial charge on any atom is 0.262 e. The van der Waals surface area contributed by atoms with Crippen LogP contribution in [0.5, 0.6) is 17.2 Å². The molecule has 34 heavy (non-hydrogen) atoms. The van der Waals surface area contributed by atoms with Gasteiger partial charge in [0.1, 0.15) is 5.75 Å². The molecule has 1 aliphatic heterocycles. The molecule has 1 fully saturated rings. The van der Waals surface area contributed by atoms with E-state index in [1.807, 2.05) is 66.4 Å². The van der Waals surface area contributed by atoms with Crippen molar-refractivity contribution in [1.29, 1.82) is 0 Å². The van der Waals surface area contributed by atoms with Gasteiger partial charge in [0.2, 0.25) is 0 Å². The number of phenols is 1. The minimum absolute atomic E-state index is 0.0372. The average Bonchev–Trinajstić information content (AvgIpc) is 2.86. The highest BCUT2D eigenvalue weighted by molar-refractivity contribution is 6.08. The van der Waals surface area contributed by atoms with Crippen molar-refractivity contribution in [1.82, 2.24) is 4.90 Å². The number of benzene rings is 3. The number of likely N-dealkylation sites (tertiary alicyclic amines) is 1. The van der Waals surface area contributed by atoms with Crippen molar-refractivity contribution in [2.24, 2.45) is 0 Å². The van der Waals surface area contributed by atoms with Crippen molar-refractivity contribution in [2.45, 2.75) is 32.4 Å². The first-order valence-electron chi connectivity index (χ1n) is 11.6. The molecule has 0 unspecified atom stereocenters. The molecular formula is C28H32N2O4. The molecule has 3 aromatic rings. The first kappa shape index (κ1) is 23.6. The highest BCUT2D eigenvalue weighted by Gasteiger charge is 2.31. The van der Waals surface area contributed by atoms with E-state index in [1.165, 1.54) is 0 Å². The van der Waals surface area contributed by atoms with Crippen molar-refractivity contribution >= 4 is 11.6 Å². The molecule has 178 valence electrons. The summed E-state index contributed by atoms with van der Waals surface area (Å²) in [4.78, 5) is 18.1. The van der Waals surface area contributed by atoms with Gasteiger partial charge in [-0.15, -0.1) is 0 Å². The predicted octanol–water partition coefficient (Wildman–Crippen LogP) is 5.03. The number of methoxy groups -OCH3 is 2. The molecule has 0 bridgehead atoms. The average molecular weight is 461 g/mol. The zero-order valence-electron chi connectivity index (χ0n) is 20.0. The lowest BCUT2D eigenvalue weighted by molar-refractivity contribution is 0.0955. The van der Waals surface area contributed by atoms with E-state index >= 15 is 0 Å². The number of ether oxygens (including phenoxy) is 2. The van der Waals surface area contributed by atoms with Crippen LogP contribution in [-0.4, -0.2) is 49.3 Å². The number of aromatic hydroxyl groups is 1. The first-order valence-corrected chi connectivity index (χ1v) is 11.6. The van der Waals surface area contributed by atoms with Gasteiger partial charge in [0.15, 0.2) is 11.5 Å². The van der Waals surface area contributed by atoms with E-state index < -0.39 is 0 Å². The second kappa shape index (κ2) is 10.6. The van der Waals surface area contributed by atoms with E-state index in [1.54, 1.807) is 20.3 Å². The minimum atomic E-state index is -0.0372. The van der Waals surface area contributed by atoms with E-state index in [0.717, 1.165) is 49.3 Å². The van der Waals surface area contributed by atoms with Gasteiger partial charge in [0, 0.05) is 31.4 Å². The fourth-order valence-corrected chi connectivity index (χ4v) is 4.64. The molecule has 3 aromatic carbocycles. The molecule has 1 saturated heterocycles. The summed E-state index contributed by atoms with van der Waals surface area (Å²) in [7, 11) is 3.16. The van der Waals surface area contributed by atoms with Gasteiger partial charge in [-0.1, -0.05) is 30.3 Å². The molecule has 1 heterocycles. The maximum atomic E-state index is 13.8. The third-order valence-corrected chi connectivity index (χ3v) is 6.41. The Bertz CT molecular complexity index is 1140. The summed E-state index contributed by atoms with van der Waals surface area (Å²) < 4.78 is 10.7. The number of anilines is 1. The van der Waals surface area contributed by atoms with E-state index in [-0.39, 0.29) is 17.7 Å². The number of aryl methyl sites for hydroxylation is 1. The van der Waals surface area contributed by atoms with Crippen molar-refractivity contribution in [3.8, 4) is 17.2 Å². The first-order chi connectivity index (χ1) is 16.5. The van der Waals surface area contributed by atoms with Crippen molar-refractivity contribution < 1.29 is 19.4 Å². The smallest absolute Gasteiger partial charge is 0.262 e. The van der Waals surface area contributed by atoms with Gasteiger partial charge in [-0.2, -0.15) is 0 Å². The van der Waals surface area contributed by atoms with Gasteiger partial charge >= 0.3 is 0 Å². The van der Waals surface area contributed by atoms with Crippen LogP contribution in [0.25, 0.3) is 0 Å². The molecule has 0 aromatic heterocycles. The van der Waals surface area contributed by atoms with Crippen LogP contribution in [0.4, 0.5) is 5.69 Å². The Morgan fingerprint density at radius 3 is 2.41 bits per heavy atom. The Kier molecular flexibility index (Phi) is 7.38. The van der Waals surface area contributed by atoms with Gasteiger partial charge in [0.25, 0.3) is 5.91 Å². The highest BCUT2D eigenvalue weighted by atomic mass is 16.5. The number of carbonyl (C=O) groups excluding carboxylic acids is 1. The Morgan fingerprint density at radius 2 is 1.71 bits per heavy atom. The van der Waals surface area contributed by atoms with E-state index in [4.69, 9.17) is 9.47 Å². The Labute approximate surface area is 201 Å². The molecule has 0 aliphatic carbocycles. The summed E-state index contributed by atoms with van der Waals surface area (Å²) >= 11 is 0. The van der Waals surface area contributed by atoms with E-state index in [9.17, 15) is 9.90 Å². The third-order valence-electron chi connectivity index (χ3n) is 6.41. The number of hydrogen-bond donors (Lipinski definition) is 1. The van der Waals surface area contributed by atoms with Gasteiger partial charge in [0.05, 0.1) is 19.8 Å². The molecule has 0 atom stereocenters. The molecule has 0 spiro atoms. The summed E-state index contributed by atoms with van der Waals surface area (Å²) in [6, 6.07) is 21.1. The second-order valence-electron chi connectivity index (χ2n) is 8.73. The van der Waals surface area contributed by atoms with Crippen molar-refractivity contribution in [3.63, 3.8) is 0 Å². The molecule has 6 heteroatoms. The molecule has 1 N–H and O–H groups in total. The molecule has 4 rings (SSSR count). The summed E-state index contributed by atoms with van der Waals surface area (Å²) in [5.74, 6) is 1.18. The molecule has 6 nitrogen and oxygen atoms in total. The molecule has 1 amide bonds. The summed E-state index contributed by atoms with van der Waals surface area (Å²) in [6.07, 6.45) is 1.73. The zero-order valence-corrected chi connectivity index (χ0v) is 20.0. The van der Waals surface area contributed by atoms with E-state index in [2.05, 4.69) is 11.0 Å². The quantitative estimate of drug-likeness (QED) is 0.536. The molecule has 0 radical (unpaired) electrons. The number of nitrogens with zero attached hydrogens (tertiary/aromatic N) is 2. The number of para-hydroxylation sites is 1. The fourth-order valence-electron chi connectivity index (χ4n) is 4.64. The minimum Gasteiger partial charge on any atom is -0.504 e. The number of hydrogen-bond acceptors (Lipinski definition) is 5. The number of rotatable bonds is 7. The van der Waals surface area contributed by atoms with Gasteiger partial charge < -0.3 is 19.5 Å². The van der Waals surface area contributed by atoms with Crippen molar-refractivity contribution in [2.75, 3.05) is 32.2 Å². The summed E-state index contributed by atoms with van der Waals surface area (Å²) in [5.41, 5.74) is 3.70. The van der Waals surface area contributed by atoms with Gasteiger partial charge in [-0.05, 0) is 67.3 Å². The monoisotopic (exact) mass is 460 g/mol. The second-order valence-corrected chi connectivity index (χ2v) is 8.73. The topological polar surface area (TPSA) is 62.2 Å². The van der Waals surface area contributed by atoms with E-state index in [0.29, 0.717) is 17.1 Å². The summed E-state index contributed by atoms with van der Waals surface area (Å²) in [6.45, 7) is 4.56. The normalized spacial score (nSPS) is 14.6. The predicted molar refractivity (Wildman–Crippen MR) is 134 cm³/mol. The number of amides is 1. The lowest BCUT2D eigenvalue weighted by Gasteiger charge is -2.39. The molecule has 1 aliphatic rings. The van der Waals surface area contributed by atoms with Gasteiger partial charge in [-0.25, -0.2) is 0 Å². The Hall–Kier alpha value is -3.51. The van der Waals surface area contributed by atoms with Crippen LogP contribution in [0, 0.1) is 6.92 Å². The van der Waals surface area contributed by atoms with Crippen LogP contribution >= 0.6 is 0 Å². The van der Waals surface area contributed by atoms with Crippen LogP contribution in [0.1, 0.15) is 34.3 Å². The van der Waals surface area contributed by atoms with Crippen LogP contribution in [0.15, 0.2) is 66.7 Å². The maximum absolute atomic E-state index is 13.8. The molecule has 0 saturated carbocycles. The standard InChI is InChI=1S/C28H32N2O4/c1-20-7-6-8-23(17-20)30(28(32)24-9-4-5-10-26(24)33-2)22-13-15-29(16-14-22)19-21-11-12-25(31)27(18-21)34-3/h4-12,17-18,22,31H,13-16,19H2,1-3H3. The Balaban J connectivity index is 1.53. The Morgan fingerprint density at radius 1 is 0.971 bits per heavy atom.